The monoisotopic (exact) mass is 252 g/mol. The van der Waals surface area contributed by atoms with Gasteiger partial charge in [-0.2, -0.15) is 0 Å². The van der Waals surface area contributed by atoms with Crippen molar-refractivity contribution in [3.05, 3.63) is 12.2 Å². The Morgan fingerprint density at radius 3 is 2.94 bits per heavy atom. The highest BCUT2D eigenvalue weighted by molar-refractivity contribution is 5.78. The van der Waals surface area contributed by atoms with Gasteiger partial charge in [-0.25, -0.2) is 0 Å². The average Bonchev–Trinajstić information content (AvgIpc) is 2.76. The van der Waals surface area contributed by atoms with Gasteiger partial charge in [0.1, 0.15) is 12.2 Å². The van der Waals surface area contributed by atoms with E-state index in [0.29, 0.717) is 19.5 Å². The maximum absolute atomic E-state index is 11.7. The fraction of sp³-hybridized carbons (Fsp3) is 0.727. The molecule has 100 valence electrons. The second-order valence-corrected chi connectivity index (χ2v) is 4.48. The molecule has 1 fully saturated rings. The van der Waals surface area contributed by atoms with Crippen LogP contribution in [0.5, 0.6) is 0 Å². The minimum Gasteiger partial charge on any atom is -0.355 e. The van der Waals surface area contributed by atoms with E-state index < -0.39 is 0 Å². The summed E-state index contributed by atoms with van der Waals surface area (Å²) in [7, 11) is 1.90. The van der Waals surface area contributed by atoms with Crippen LogP contribution in [-0.2, 0) is 18.3 Å². The van der Waals surface area contributed by atoms with Crippen LogP contribution in [0.3, 0.4) is 0 Å². The van der Waals surface area contributed by atoms with Crippen molar-refractivity contribution >= 4 is 5.91 Å². The molecule has 2 N–H and O–H groups in total. The molecule has 0 spiro atoms. The summed E-state index contributed by atoms with van der Waals surface area (Å²) in [6.45, 7) is 4.91. The summed E-state index contributed by atoms with van der Waals surface area (Å²) >= 11 is 0. The third-order valence-electron chi connectivity index (χ3n) is 3.05. The van der Waals surface area contributed by atoms with Gasteiger partial charge in [0.25, 0.3) is 0 Å². The molecule has 1 saturated heterocycles. The zero-order valence-corrected chi connectivity index (χ0v) is 10.7. The van der Waals surface area contributed by atoms with E-state index in [2.05, 4.69) is 25.7 Å². The van der Waals surface area contributed by atoms with Crippen LogP contribution in [0.2, 0.25) is 0 Å². The van der Waals surface area contributed by atoms with Crippen molar-refractivity contribution in [1.29, 1.82) is 0 Å². The van der Waals surface area contributed by atoms with Gasteiger partial charge >= 0.3 is 0 Å². The number of nitrogens with one attached hydrogen (secondary N) is 2. The summed E-state index contributed by atoms with van der Waals surface area (Å²) in [5.74, 6) is 0.969. The van der Waals surface area contributed by atoms with E-state index in [-0.39, 0.29) is 5.91 Å². The van der Waals surface area contributed by atoms with Gasteiger partial charge in [0.05, 0.1) is 6.54 Å². The summed E-state index contributed by atoms with van der Waals surface area (Å²) < 4.78 is 1.86. The number of aryl methyl sites for hydroxylation is 1. The Hall–Kier alpha value is -1.47. The van der Waals surface area contributed by atoms with E-state index in [0.717, 1.165) is 32.0 Å². The van der Waals surface area contributed by atoms with E-state index >= 15 is 0 Å². The second kappa shape index (κ2) is 6.46. The number of carbonyl (C=O) groups is 1. The number of amides is 1. The van der Waals surface area contributed by atoms with Gasteiger partial charge in [-0.1, -0.05) is 0 Å². The van der Waals surface area contributed by atoms with Crippen LogP contribution in [0.1, 0.15) is 5.82 Å². The quantitative estimate of drug-likeness (QED) is 0.659. The Morgan fingerprint density at radius 2 is 2.28 bits per heavy atom. The van der Waals surface area contributed by atoms with Gasteiger partial charge in [-0.15, -0.1) is 10.2 Å². The molecule has 18 heavy (non-hydrogen) atoms. The summed E-state index contributed by atoms with van der Waals surface area (Å²) in [4.78, 5) is 13.9. The first-order valence-electron chi connectivity index (χ1n) is 6.28. The number of aromatic nitrogens is 3. The minimum atomic E-state index is 0.0825. The lowest BCUT2D eigenvalue weighted by molar-refractivity contribution is -0.122. The Labute approximate surface area is 107 Å². The van der Waals surface area contributed by atoms with Crippen molar-refractivity contribution in [2.45, 2.75) is 6.42 Å². The van der Waals surface area contributed by atoms with Crippen LogP contribution in [-0.4, -0.2) is 64.8 Å². The summed E-state index contributed by atoms with van der Waals surface area (Å²) in [5, 5.41) is 13.9. The third-order valence-corrected chi connectivity index (χ3v) is 3.05. The summed E-state index contributed by atoms with van der Waals surface area (Å²) in [6, 6.07) is 0. The predicted molar refractivity (Wildman–Crippen MR) is 67.0 cm³/mol. The highest BCUT2D eigenvalue weighted by Crippen LogP contribution is 1.93. The van der Waals surface area contributed by atoms with E-state index in [4.69, 9.17) is 0 Å². The number of carbonyl (C=O) groups excluding carboxylic acids is 1. The molecular weight excluding hydrogens is 232 g/mol. The molecule has 1 aliphatic rings. The summed E-state index contributed by atoms with van der Waals surface area (Å²) in [6.07, 6.45) is 2.38. The van der Waals surface area contributed by atoms with Crippen molar-refractivity contribution in [3.8, 4) is 0 Å². The first kappa shape index (κ1) is 13.0. The topological polar surface area (TPSA) is 75.1 Å². The maximum atomic E-state index is 11.7. The lowest BCUT2D eigenvalue weighted by Gasteiger charge is -2.26. The summed E-state index contributed by atoms with van der Waals surface area (Å²) in [5.41, 5.74) is 0. The minimum absolute atomic E-state index is 0.0825. The van der Waals surface area contributed by atoms with Crippen LogP contribution in [0.15, 0.2) is 6.33 Å². The number of piperazine rings is 1. The first-order chi connectivity index (χ1) is 8.75. The Kier molecular flexibility index (Phi) is 4.66. The SMILES string of the molecule is Cn1cnnc1CCNC(=O)CN1CCNCC1. The Balaban J connectivity index is 1.64. The molecule has 7 heteroatoms. The van der Waals surface area contributed by atoms with Crippen LogP contribution < -0.4 is 10.6 Å². The molecule has 1 amide bonds. The highest BCUT2D eigenvalue weighted by atomic mass is 16.2. The molecule has 0 aliphatic carbocycles. The number of nitrogens with zero attached hydrogens (tertiary/aromatic N) is 4. The van der Waals surface area contributed by atoms with Crippen molar-refractivity contribution < 1.29 is 4.79 Å². The fourth-order valence-corrected chi connectivity index (χ4v) is 1.98. The third kappa shape index (κ3) is 3.78. The number of rotatable bonds is 5. The van der Waals surface area contributed by atoms with E-state index in [1.165, 1.54) is 0 Å². The standard InChI is InChI=1S/C11H20N6O/c1-16-9-14-15-10(16)2-3-13-11(18)8-17-6-4-12-5-7-17/h9,12H,2-8H2,1H3,(H,13,18). The second-order valence-electron chi connectivity index (χ2n) is 4.48. The molecule has 7 nitrogen and oxygen atoms in total. The van der Waals surface area contributed by atoms with Crippen molar-refractivity contribution in [3.63, 3.8) is 0 Å². The van der Waals surface area contributed by atoms with Crippen molar-refractivity contribution in [1.82, 2.24) is 30.3 Å². The molecule has 0 atom stereocenters. The molecule has 2 heterocycles. The zero-order chi connectivity index (χ0) is 12.8. The molecule has 0 radical (unpaired) electrons. The molecule has 0 saturated carbocycles. The molecule has 2 rings (SSSR count). The predicted octanol–water partition coefficient (Wildman–Crippen LogP) is -1.62. The van der Waals surface area contributed by atoms with Crippen LogP contribution in [0.4, 0.5) is 0 Å². The fourth-order valence-electron chi connectivity index (χ4n) is 1.98. The van der Waals surface area contributed by atoms with Gasteiger partial charge < -0.3 is 15.2 Å². The smallest absolute Gasteiger partial charge is 0.234 e. The lowest BCUT2D eigenvalue weighted by Crippen LogP contribution is -2.47. The zero-order valence-electron chi connectivity index (χ0n) is 10.7. The normalized spacial score (nSPS) is 16.7. The molecule has 1 aromatic heterocycles. The largest absolute Gasteiger partial charge is 0.355 e. The van der Waals surface area contributed by atoms with E-state index in [9.17, 15) is 4.79 Å². The van der Waals surface area contributed by atoms with E-state index in [1.807, 2.05) is 11.6 Å². The van der Waals surface area contributed by atoms with Gasteiger partial charge in [0.15, 0.2) is 0 Å². The molecule has 0 bridgehead atoms. The van der Waals surface area contributed by atoms with Gasteiger partial charge in [-0.3, -0.25) is 9.69 Å². The lowest BCUT2D eigenvalue weighted by atomic mass is 10.3. The van der Waals surface area contributed by atoms with Gasteiger partial charge in [-0.05, 0) is 0 Å². The van der Waals surface area contributed by atoms with E-state index in [1.54, 1.807) is 6.33 Å². The molecule has 0 unspecified atom stereocenters. The van der Waals surface area contributed by atoms with Crippen molar-refractivity contribution in [2.75, 3.05) is 39.3 Å². The molecule has 1 aliphatic heterocycles. The Morgan fingerprint density at radius 1 is 1.50 bits per heavy atom. The average molecular weight is 252 g/mol. The first-order valence-corrected chi connectivity index (χ1v) is 6.28. The maximum Gasteiger partial charge on any atom is 0.234 e. The van der Waals surface area contributed by atoms with Crippen LogP contribution in [0, 0.1) is 0 Å². The van der Waals surface area contributed by atoms with Gasteiger partial charge in [0.2, 0.25) is 5.91 Å². The molecule has 0 aromatic carbocycles. The number of hydrogen-bond acceptors (Lipinski definition) is 5. The molecule has 1 aromatic rings. The number of hydrogen-bond donors (Lipinski definition) is 2. The van der Waals surface area contributed by atoms with Crippen molar-refractivity contribution in [2.24, 2.45) is 7.05 Å². The molecular formula is C11H20N6O. The van der Waals surface area contributed by atoms with Gasteiger partial charge in [0, 0.05) is 46.2 Å². The van der Waals surface area contributed by atoms with Crippen LogP contribution >= 0.6 is 0 Å². The Bertz CT molecular complexity index is 385. The highest BCUT2D eigenvalue weighted by Gasteiger charge is 2.13. The van der Waals surface area contributed by atoms with Crippen LogP contribution in [0.25, 0.3) is 0 Å².